The molecule has 0 saturated carbocycles. The molecule has 0 atom stereocenters. The molecular formula is C20H21N3O4. The summed E-state index contributed by atoms with van der Waals surface area (Å²) in [6.07, 6.45) is 0. The first-order valence-corrected chi connectivity index (χ1v) is 8.49. The topological polar surface area (TPSA) is 97.2 Å². The lowest BCUT2D eigenvalue weighted by molar-refractivity contribution is 0.0949. The molecule has 7 nitrogen and oxygen atoms in total. The fourth-order valence-electron chi connectivity index (χ4n) is 2.99. The number of aromatic amines is 1. The highest BCUT2D eigenvalue weighted by molar-refractivity contribution is 6.02. The van der Waals surface area contributed by atoms with E-state index in [1.54, 1.807) is 27.0 Å². The molecular weight excluding hydrogens is 346 g/mol. The van der Waals surface area contributed by atoms with Crippen LogP contribution in [0.2, 0.25) is 0 Å². The molecule has 0 bridgehead atoms. The van der Waals surface area contributed by atoms with Crippen LogP contribution in [0.1, 0.15) is 44.7 Å². The van der Waals surface area contributed by atoms with Gasteiger partial charge in [0.25, 0.3) is 5.91 Å². The van der Waals surface area contributed by atoms with Gasteiger partial charge in [-0.1, -0.05) is 5.16 Å². The van der Waals surface area contributed by atoms with Gasteiger partial charge in [-0.3, -0.25) is 9.59 Å². The number of nitrogens with zero attached hydrogens (tertiary/aromatic N) is 1. The number of nitrogens with one attached hydrogen (secondary N) is 2. The van der Waals surface area contributed by atoms with Crippen LogP contribution in [0.4, 0.5) is 0 Å². The first kappa shape index (κ1) is 18.4. The Hall–Kier alpha value is -3.35. The van der Waals surface area contributed by atoms with Crippen LogP contribution < -0.4 is 10.1 Å². The van der Waals surface area contributed by atoms with Crippen molar-refractivity contribution in [3.63, 3.8) is 0 Å². The third-order valence-corrected chi connectivity index (χ3v) is 4.38. The Morgan fingerprint density at radius 3 is 2.52 bits per heavy atom. The summed E-state index contributed by atoms with van der Waals surface area (Å²) in [5.41, 5.74) is 3.72. The van der Waals surface area contributed by atoms with Gasteiger partial charge in [-0.15, -0.1) is 0 Å². The maximum absolute atomic E-state index is 12.5. The molecule has 140 valence electrons. The van der Waals surface area contributed by atoms with Gasteiger partial charge in [0, 0.05) is 24.2 Å². The van der Waals surface area contributed by atoms with E-state index in [0.29, 0.717) is 34.0 Å². The third kappa shape index (κ3) is 3.76. The summed E-state index contributed by atoms with van der Waals surface area (Å²) in [5, 5.41) is 6.82. The zero-order chi connectivity index (χ0) is 19.6. The molecule has 27 heavy (non-hydrogen) atoms. The Balaban J connectivity index is 1.70. The Morgan fingerprint density at radius 1 is 1.22 bits per heavy atom. The molecule has 3 aromatic rings. The number of rotatable bonds is 6. The first-order valence-electron chi connectivity index (χ1n) is 8.49. The van der Waals surface area contributed by atoms with E-state index in [-0.39, 0.29) is 18.2 Å². The Labute approximate surface area is 156 Å². The molecule has 3 rings (SSSR count). The van der Waals surface area contributed by atoms with Gasteiger partial charge in [-0.2, -0.15) is 0 Å². The summed E-state index contributed by atoms with van der Waals surface area (Å²) >= 11 is 0. The number of carbonyl (C=O) groups excluding carboxylic acids is 2. The van der Waals surface area contributed by atoms with Gasteiger partial charge in [0.1, 0.15) is 11.4 Å². The van der Waals surface area contributed by atoms with Gasteiger partial charge in [-0.05, 0) is 43.7 Å². The molecule has 0 radical (unpaired) electrons. The van der Waals surface area contributed by atoms with Crippen LogP contribution in [0.3, 0.4) is 0 Å². The van der Waals surface area contributed by atoms with Gasteiger partial charge in [0.05, 0.1) is 24.9 Å². The summed E-state index contributed by atoms with van der Waals surface area (Å²) in [6.45, 7) is 5.22. The fourth-order valence-corrected chi connectivity index (χ4v) is 2.99. The number of hydrogen-bond donors (Lipinski definition) is 2. The van der Waals surface area contributed by atoms with Crippen molar-refractivity contribution >= 4 is 11.7 Å². The molecule has 2 N–H and O–H groups in total. The number of ketones is 1. The molecule has 1 aromatic carbocycles. The second kappa shape index (κ2) is 7.49. The van der Waals surface area contributed by atoms with Gasteiger partial charge in [0.15, 0.2) is 11.5 Å². The number of aryl methyl sites for hydroxylation is 1. The largest absolute Gasteiger partial charge is 0.497 e. The minimum absolute atomic E-state index is 0.102. The van der Waals surface area contributed by atoms with Crippen molar-refractivity contribution in [1.29, 1.82) is 0 Å². The van der Waals surface area contributed by atoms with Gasteiger partial charge in [0.2, 0.25) is 0 Å². The van der Waals surface area contributed by atoms with Crippen molar-refractivity contribution in [2.75, 3.05) is 7.11 Å². The van der Waals surface area contributed by atoms with E-state index in [1.165, 1.54) is 6.92 Å². The normalized spacial score (nSPS) is 10.7. The lowest BCUT2D eigenvalue weighted by atomic mass is 10.1. The number of hydrogen-bond acceptors (Lipinski definition) is 5. The van der Waals surface area contributed by atoms with E-state index < -0.39 is 0 Å². The molecule has 0 unspecified atom stereocenters. The molecule has 0 fully saturated rings. The van der Waals surface area contributed by atoms with Crippen molar-refractivity contribution in [1.82, 2.24) is 15.5 Å². The summed E-state index contributed by atoms with van der Waals surface area (Å²) in [7, 11) is 1.61. The van der Waals surface area contributed by atoms with E-state index in [0.717, 1.165) is 11.3 Å². The molecule has 1 amide bonds. The van der Waals surface area contributed by atoms with Gasteiger partial charge in [-0.25, -0.2) is 0 Å². The maximum atomic E-state index is 12.5. The van der Waals surface area contributed by atoms with Gasteiger partial charge < -0.3 is 19.6 Å². The van der Waals surface area contributed by atoms with E-state index in [2.05, 4.69) is 15.5 Å². The average molecular weight is 367 g/mol. The highest BCUT2D eigenvalue weighted by Crippen LogP contribution is 2.23. The van der Waals surface area contributed by atoms with Crippen LogP contribution in [0.5, 0.6) is 5.75 Å². The minimum Gasteiger partial charge on any atom is -0.497 e. The van der Waals surface area contributed by atoms with Crippen molar-refractivity contribution in [2.24, 2.45) is 0 Å². The second-order valence-electron chi connectivity index (χ2n) is 6.27. The summed E-state index contributed by atoms with van der Waals surface area (Å²) < 4.78 is 10.5. The second-order valence-corrected chi connectivity index (χ2v) is 6.27. The highest BCUT2D eigenvalue weighted by Gasteiger charge is 2.20. The smallest absolute Gasteiger partial charge is 0.253 e. The number of aromatic nitrogens is 2. The van der Waals surface area contributed by atoms with E-state index >= 15 is 0 Å². The number of benzene rings is 1. The lowest BCUT2D eigenvalue weighted by Gasteiger charge is -2.04. The predicted octanol–water partition coefficient (Wildman–Crippen LogP) is 3.43. The van der Waals surface area contributed by atoms with Crippen LogP contribution >= 0.6 is 0 Å². The van der Waals surface area contributed by atoms with E-state index in [1.807, 2.05) is 24.3 Å². The van der Waals surface area contributed by atoms with Crippen molar-refractivity contribution < 1.29 is 18.8 Å². The van der Waals surface area contributed by atoms with Gasteiger partial charge >= 0.3 is 0 Å². The van der Waals surface area contributed by atoms with Crippen LogP contribution in [0, 0.1) is 13.8 Å². The summed E-state index contributed by atoms with van der Waals surface area (Å²) in [6, 6.07) is 9.20. The monoisotopic (exact) mass is 367 g/mol. The maximum Gasteiger partial charge on any atom is 0.253 e. The number of Topliss-reactive ketones (excluding diaryl/α,β-unsaturated/α-hetero) is 1. The third-order valence-electron chi connectivity index (χ3n) is 4.38. The first-order chi connectivity index (χ1) is 12.9. The van der Waals surface area contributed by atoms with Crippen LogP contribution in [0.25, 0.3) is 11.3 Å². The fraction of sp³-hybridized carbons (Fsp3) is 0.250. The predicted molar refractivity (Wildman–Crippen MR) is 99.9 cm³/mol. The summed E-state index contributed by atoms with van der Waals surface area (Å²) in [4.78, 5) is 27.1. The number of amides is 1. The van der Waals surface area contributed by atoms with Crippen molar-refractivity contribution in [3.05, 3.63) is 58.5 Å². The van der Waals surface area contributed by atoms with Crippen molar-refractivity contribution in [3.8, 4) is 17.1 Å². The Kier molecular flexibility index (Phi) is 5.12. The standard InChI is InChI=1S/C20H21N3O4/c1-11-18(12(2)22-19(11)13(3)24)20(25)21-10-15-9-17(27-23-15)14-5-7-16(26-4)8-6-14/h5-9,22H,10H2,1-4H3,(H,21,25). The molecule has 0 saturated heterocycles. The van der Waals surface area contributed by atoms with Crippen LogP contribution in [-0.2, 0) is 6.54 Å². The molecule has 2 heterocycles. The van der Waals surface area contributed by atoms with E-state index in [9.17, 15) is 9.59 Å². The zero-order valence-electron chi connectivity index (χ0n) is 15.7. The summed E-state index contributed by atoms with van der Waals surface area (Å²) in [5.74, 6) is 1.00. The molecule has 0 aliphatic carbocycles. The molecule has 0 aliphatic heterocycles. The number of ether oxygens (including phenoxy) is 1. The van der Waals surface area contributed by atoms with Crippen molar-refractivity contribution in [2.45, 2.75) is 27.3 Å². The number of carbonyl (C=O) groups is 2. The minimum atomic E-state index is -0.261. The SMILES string of the molecule is COc1ccc(-c2cc(CNC(=O)c3c(C)[nH]c(C(C)=O)c3C)no2)cc1. The number of methoxy groups -OCH3 is 1. The molecule has 7 heteroatoms. The molecule has 2 aromatic heterocycles. The van der Waals surface area contributed by atoms with Crippen LogP contribution in [0.15, 0.2) is 34.9 Å². The molecule has 0 spiro atoms. The quantitative estimate of drug-likeness (QED) is 0.651. The number of H-pyrrole nitrogens is 1. The zero-order valence-corrected chi connectivity index (χ0v) is 15.7. The Morgan fingerprint density at radius 2 is 1.93 bits per heavy atom. The average Bonchev–Trinajstić information content (AvgIpc) is 3.24. The van der Waals surface area contributed by atoms with Crippen LogP contribution in [-0.4, -0.2) is 28.9 Å². The van der Waals surface area contributed by atoms with E-state index in [4.69, 9.17) is 9.26 Å². The molecule has 0 aliphatic rings. The Bertz CT molecular complexity index is 983. The highest BCUT2D eigenvalue weighted by atomic mass is 16.5. The lowest BCUT2D eigenvalue weighted by Crippen LogP contribution is -2.24.